The molecule has 2 heterocycles. The molecule has 0 saturated heterocycles. The zero-order chi connectivity index (χ0) is 17.6. The average Bonchev–Trinajstić information content (AvgIpc) is 2.64. The smallest absolute Gasteiger partial charge is 0.253 e. The fourth-order valence-corrected chi connectivity index (χ4v) is 2.34. The SMILES string of the molecule is O=C(NCc1cccnc1)c1cncc(Nc2ccc(F)c(Cl)c2)c1. The molecule has 0 unspecified atom stereocenters. The number of benzene rings is 1. The summed E-state index contributed by atoms with van der Waals surface area (Å²) in [6, 6.07) is 9.62. The third-order valence-electron chi connectivity index (χ3n) is 3.38. The van der Waals surface area contributed by atoms with Crippen molar-refractivity contribution in [3.8, 4) is 0 Å². The fraction of sp³-hybridized carbons (Fsp3) is 0.0556. The van der Waals surface area contributed by atoms with Crippen LogP contribution in [0.1, 0.15) is 15.9 Å². The van der Waals surface area contributed by atoms with Gasteiger partial charge in [-0.25, -0.2) is 4.39 Å². The van der Waals surface area contributed by atoms with Gasteiger partial charge in [-0.1, -0.05) is 17.7 Å². The summed E-state index contributed by atoms with van der Waals surface area (Å²) in [5.41, 5.74) is 2.50. The second kappa shape index (κ2) is 7.72. The van der Waals surface area contributed by atoms with Crippen molar-refractivity contribution in [1.29, 1.82) is 0 Å². The molecule has 0 spiro atoms. The monoisotopic (exact) mass is 356 g/mol. The number of anilines is 2. The molecule has 25 heavy (non-hydrogen) atoms. The predicted molar refractivity (Wildman–Crippen MR) is 94.3 cm³/mol. The van der Waals surface area contributed by atoms with E-state index in [1.807, 2.05) is 6.07 Å². The Balaban J connectivity index is 1.68. The lowest BCUT2D eigenvalue weighted by molar-refractivity contribution is 0.0950. The van der Waals surface area contributed by atoms with Gasteiger partial charge in [-0.05, 0) is 35.9 Å². The van der Waals surface area contributed by atoms with Gasteiger partial charge in [0.05, 0.1) is 22.5 Å². The minimum Gasteiger partial charge on any atom is -0.354 e. The number of nitrogens with zero attached hydrogens (tertiary/aromatic N) is 2. The molecule has 0 radical (unpaired) electrons. The molecule has 0 fully saturated rings. The predicted octanol–water partition coefficient (Wildman–Crippen LogP) is 3.94. The summed E-state index contributed by atoms with van der Waals surface area (Å²) in [5.74, 6) is -0.744. The van der Waals surface area contributed by atoms with Crippen molar-refractivity contribution in [3.63, 3.8) is 0 Å². The number of carbonyl (C=O) groups excluding carboxylic acids is 1. The maximum atomic E-state index is 13.2. The number of carbonyl (C=O) groups is 1. The Morgan fingerprint density at radius 2 is 1.96 bits per heavy atom. The van der Waals surface area contributed by atoms with Crippen LogP contribution in [0.5, 0.6) is 0 Å². The van der Waals surface area contributed by atoms with Gasteiger partial charge < -0.3 is 10.6 Å². The van der Waals surface area contributed by atoms with Gasteiger partial charge in [-0.2, -0.15) is 0 Å². The Morgan fingerprint density at radius 1 is 1.08 bits per heavy atom. The van der Waals surface area contributed by atoms with Crippen molar-refractivity contribution >= 4 is 28.9 Å². The number of rotatable bonds is 5. The Hall–Kier alpha value is -2.99. The molecule has 0 aliphatic heterocycles. The van der Waals surface area contributed by atoms with Gasteiger partial charge in [0.2, 0.25) is 0 Å². The van der Waals surface area contributed by atoms with Gasteiger partial charge in [-0.15, -0.1) is 0 Å². The first kappa shape index (κ1) is 16.9. The maximum absolute atomic E-state index is 13.2. The summed E-state index contributed by atoms with van der Waals surface area (Å²) in [6.07, 6.45) is 6.40. The molecule has 0 atom stereocenters. The van der Waals surface area contributed by atoms with Crippen molar-refractivity contribution < 1.29 is 9.18 Å². The Morgan fingerprint density at radius 3 is 2.72 bits per heavy atom. The van der Waals surface area contributed by atoms with Crippen LogP contribution in [-0.4, -0.2) is 15.9 Å². The van der Waals surface area contributed by atoms with E-state index in [1.165, 1.54) is 18.3 Å². The molecule has 1 amide bonds. The molecule has 3 aromatic rings. The lowest BCUT2D eigenvalue weighted by atomic mass is 10.2. The van der Waals surface area contributed by atoms with Crippen molar-refractivity contribution in [2.24, 2.45) is 0 Å². The Kier molecular flexibility index (Phi) is 5.20. The molecule has 7 heteroatoms. The fourth-order valence-electron chi connectivity index (χ4n) is 2.16. The molecular weight excluding hydrogens is 343 g/mol. The van der Waals surface area contributed by atoms with Gasteiger partial charge in [-0.3, -0.25) is 14.8 Å². The molecule has 5 nitrogen and oxygen atoms in total. The molecule has 1 aromatic carbocycles. The van der Waals surface area contributed by atoms with Gasteiger partial charge in [0.1, 0.15) is 5.82 Å². The lowest BCUT2D eigenvalue weighted by Gasteiger charge is -2.09. The number of aromatic nitrogens is 2. The first-order valence-electron chi connectivity index (χ1n) is 7.46. The third kappa shape index (κ3) is 4.51. The van der Waals surface area contributed by atoms with Gasteiger partial charge in [0.25, 0.3) is 5.91 Å². The highest BCUT2D eigenvalue weighted by Crippen LogP contribution is 2.22. The van der Waals surface area contributed by atoms with E-state index in [1.54, 1.807) is 36.8 Å². The highest BCUT2D eigenvalue weighted by molar-refractivity contribution is 6.31. The summed E-state index contributed by atoms with van der Waals surface area (Å²) < 4.78 is 13.2. The van der Waals surface area contributed by atoms with E-state index in [0.29, 0.717) is 23.5 Å². The largest absolute Gasteiger partial charge is 0.354 e. The van der Waals surface area contributed by atoms with Crippen LogP contribution >= 0.6 is 11.6 Å². The second-order valence-corrected chi connectivity index (χ2v) is 5.67. The zero-order valence-corrected chi connectivity index (χ0v) is 13.8. The van der Waals surface area contributed by atoms with Crippen LogP contribution in [0.3, 0.4) is 0 Å². The van der Waals surface area contributed by atoms with E-state index < -0.39 is 5.82 Å². The molecule has 0 saturated carbocycles. The van der Waals surface area contributed by atoms with E-state index >= 15 is 0 Å². The normalized spacial score (nSPS) is 10.3. The molecule has 3 rings (SSSR count). The second-order valence-electron chi connectivity index (χ2n) is 5.26. The number of hydrogen-bond donors (Lipinski definition) is 2. The van der Waals surface area contributed by atoms with Crippen LogP contribution < -0.4 is 10.6 Å². The molecular formula is C18H14ClFN4O. The van der Waals surface area contributed by atoms with Crippen LogP contribution in [0.15, 0.2) is 61.2 Å². The van der Waals surface area contributed by atoms with Crippen LogP contribution in [0.4, 0.5) is 15.8 Å². The summed E-state index contributed by atoms with van der Waals surface area (Å²) >= 11 is 5.76. The highest BCUT2D eigenvalue weighted by atomic mass is 35.5. The summed E-state index contributed by atoms with van der Waals surface area (Å²) in [7, 11) is 0. The minimum atomic E-state index is -0.492. The van der Waals surface area contributed by atoms with E-state index in [-0.39, 0.29) is 10.9 Å². The lowest BCUT2D eigenvalue weighted by Crippen LogP contribution is -2.23. The number of halogens is 2. The molecule has 2 N–H and O–H groups in total. The average molecular weight is 357 g/mol. The molecule has 0 bridgehead atoms. The molecule has 126 valence electrons. The summed E-state index contributed by atoms with van der Waals surface area (Å²) in [6.45, 7) is 0.373. The Labute approximate surface area is 148 Å². The van der Waals surface area contributed by atoms with Crippen molar-refractivity contribution in [2.45, 2.75) is 6.54 Å². The van der Waals surface area contributed by atoms with Gasteiger partial charge >= 0.3 is 0 Å². The van der Waals surface area contributed by atoms with E-state index in [2.05, 4.69) is 20.6 Å². The number of hydrogen-bond acceptors (Lipinski definition) is 4. The van der Waals surface area contributed by atoms with Crippen LogP contribution in [0, 0.1) is 5.82 Å². The van der Waals surface area contributed by atoms with Crippen molar-refractivity contribution in [1.82, 2.24) is 15.3 Å². The quantitative estimate of drug-likeness (QED) is 0.726. The minimum absolute atomic E-state index is 0.0170. The first-order chi connectivity index (χ1) is 12.1. The maximum Gasteiger partial charge on any atom is 0.253 e. The summed E-state index contributed by atoms with van der Waals surface area (Å²) in [4.78, 5) is 20.3. The zero-order valence-electron chi connectivity index (χ0n) is 13.0. The number of amides is 1. The molecule has 0 aliphatic rings. The van der Waals surface area contributed by atoms with E-state index in [4.69, 9.17) is 11.6 Å². The van der Waals surface area contributed by atoms with E-state index in [9.17, 15) is 9.18 Å². The molecule has 0 aliphatic carbocycles. The third-order valence-corrected chi connectivity index (χ3v) is 3.67. The van der Waals surface area contributed by atoms with Crippen LogP contribution in [-0.2, 0) is 6.54 Å². The molecule has 2 aromatic heterocycles. The van der Waals surface area contributed by atoms with Crippen LogP contribution in [0.2, 0.25) is 5.02 Å². The first-order valence-corrected chi connectivity index (χ1v) is 7.84. The van der Waals surface area contributed by atoms with Gasteiger partial charge in [0.15, 0.2) is 0 Å². The van der Waals surface area contributed by atoms with Gasteiger partial charge in [0, 0.05) is 30.8 Å². The standard InChI is InChI=1S/C18H14ClFN4O/c19-16-7-14(3-4-17(16)20)24-15-6-13(10-22-11-15)18(25)23-9-12-2-1-5-21-8-12/h1-8,10-11,24H,9H2,(H,23,25). The van der Waals surface area contributed by atoms with Crippen molar-refractivity contribution in [2.75, 3.05) is 5.32 Å². The Bertz CT molecular complexity index is 889. The van der Waals surface area contributed by atoms with Crippen LogP contribution in [0.25, 0.3) is 0 Å². The van der Waals surface area contributed by atoms with Crippen molar-refractivity contribution in [3.05, 3.63) is 83.2 Å². The highest BCUT2D eigenvalue weighted by Gasteiger charge is 2.08. The summed E-state index contributed by atoms with van der Waals surface area (Å²) in [5, 5.41) is 5.86. The number of nitrogens with one attached hydrogen (secondary N) is 2. The van der Waals surface area contributed by atoms with E-state index in [0.717, 1.165) is 5.56 Å². The topological polar surface area (TPSA) is 66.9 Å². The number of pyridine rings is 2.